The highest BCUT2D eigenvalue weighted by molar-refractivity contribution is 6.22. The average Bonchev–Trinajstić information content (AvgIpc) is 2.83. The van der Waals surface area contributed by atoms with Gasteiger partial charge in [-0.2, -0.15) is 0 Å². The minimum Gasteiger partial charge on any atom is -0.497 e. The number of carbonyl (C=O) groups is 3. The molecule has 1 aliphatic rings. The van der Waals surface area contributed by atoms with Crippen molar-refractivity contribution in [2.75, 3.05) is 38.8 Å². The first-order chi connectivity index (χ1) is 12.0. The van der Waals surface area contributed by atoms with Gasteiger partial charge in [-0.1, -0.05) is 0 Å². The fourth-order valence-electron chi connectivity index (χ4n) is 2.69. The first kappa shape index (κ1) is 18.7. The van der Waals surface area contributed by atoms with E-state index in [1.54, 1.807) is 31.2 Å². The first-order valence-corrected chi connectivity index (χ1v) is 8.07. The van der Waals surface area contributed by atoms with E-state index in [1.807, 2.05) is 0 Å². The van der Waals surface area contributed by atoms with Gasteiger partial charge in [0.05, 0.1) is 25.8 Å². The summed E-state index contributed by atoms with van der Waals surface area (Å²) in [6.45, 7) is 2.78. The van der Waals surface area contributed by atoms with E-state index in [0.29, 0.717) is 18.0 Å². The highest BCUT2D eigenvalue weighted by Gasteiger charge is 2.46. The maximum Gasteiger partial charge on any atom is 0.332 e. The molecular weight excluding hydrogens is 326 g/mol. The lowest BCUT2D eigenvalue weighted by molar-refractivity contribution is -0.127. The number of methoxy groups -OCH3 is 2. The van der Waals surface area contributed by atoms with Crippen molar-refractivity contribution < 1.29 is 23.9 Å². The largest absolute Gasteiger partial charge is 0.497 e. The van der Waals surface area contributed by atoms with Gasteiger partial charge in [0.2, 0.25) is 5.91 Å². The van der Waals surface area contributed by atoms with Crippen LogP contribution in [0.4, 0.5) is 10.5 Å². The molecule has 1 aliphatic heterocycles. The third-order valence-corrected chi connectivity index (χ3v) is 3.94. The molecule has 1 saturated heterocycles. The molecule has 4 amide bonds. The third kappa shape index (κ3) is 4.08. The molecule has 0 spiro atoms. The maximum absolute atomic E-state index is 12.8. The molecule has 1 N–H and O–H groups in total. The normalized spacial score (nSPS) is 17.2. The van der Waals surface area contributed by atoms with Crippen LogP contribution in [0.3, 0.4) is 0 Å². The number of hydrogen-bond acceptors (Lipinski definition) is 5. The molecule has 1 fully saturated rings. The van der Waals surface area contributed by atoms with Gasteiger partial charge in [0, 0.05) is 20.2 Å². The number of nitrogens with zero attached hydrogens (tertiary/aromatic N) is 2. The Hall–Kier alpha value is -2.61. The second-order valence-corrected chi connectivity index (χ2v) is 5.51. The van der Waals surface area contributed by atoms with Crippen molar-refractivity contribution in [1.82, 2.24) is 10.2 Å². The summed E-state index contributed by atoms with van der Waals surface area (Å²) in [5, 5.41) is 2.66. The van der Waals surface area contributed by atoms with Gasteiger partial charge < -0.3 is 19.7 Å². The predicted octanol–water partition coefficient (Wildman–Crippen LogP) is 1.00. The van der Waals surface area contributed by atoms with Crippen molar-refractivity contribution in [2.24, 2.45) is 0 Å². The minimum atomic E-state index is -0.837. The Morgan fingerprint density at radius 1 is 1.20 bits per heavy atom. The van der Waals surface area contributed by atoms with E-state index in [4.69, 9.17) is 9.47 Å². The van der Waals surface area contributed by atoms with Crippen LogP contribution in [-0.4, -0.2) is 62.7 Å². The first-order valence-electron chi connectivity index (χ1n) is 8.07. The summed E-state index contributed by atoms with van der Waals surface area (Å²) in [5.41, 5.74) is 0.441. The fourth-order valence-corrected chi connectivity index (χ4v) is 2.69. The van der Waals surface area contributed by atoms with E-state index in [2.05, 4.69) is 5.32 Å². The average molecular weight is 349 g/mol. The van der Waals surface area contributed by atoms with Crippen molar-refractivity contribution >= 4 is 23.5 Å². The summed E-state index contributed by atoms with van der Waals surface area (Å²) < 4.78 is 10.1. The zero-order valence-electron chi connectivity index (χ0n) is 14.7. The summed E-state index contributed by atoms with van der Waals surface area (Å²) >= 11 is 0. The Morgan fingerprint density at radius 3 is 2.44 bits per heavy atom. The Morgan fingerprint density at radius 2 is 1.88 bits per heavy atom. The number of imide groups is 1. The highest BCUT2D eigenvalue weighted by atomic mass is 16.5. The Labute approximate surface area is 146 Å². The molecule has 0 saturated carbocycles. The number of ether oxygens (including phenoxy) is 2. The van der Waals surface area contributed by atoms with Crippen LogP contribution in [0, 0.1) is 0 Å². The monoisotopic (exact) mass is 349 g/mol. The lowest BCUT2D eigenvalue weighted by atomic mass is 10.1. The van der Waals surface area contributed by atoms with Gasteiger partial charge in [-0.25, -0.2) is 9.69 Å². The summed E-state index contributed by atoms with van der Waals surface area (Å²) in [6, 6.07) is 5.33. The van der Waals surface area contributed by atoms with E-state index >= 15 is 0 Å². The van der Waals surface area contributed by atoms with E-state index in [1.165, 1.54) is 19.1 Å². The van der Waals surface area contributed by atoms with Gasteiger partial charge in [-0.05, 0) is 31.2 Å². The van der Waals surface area contributed by atoms with Crippen molar-refractivity contribution in [3.63, 3.8) is 0 Å². The molecule has 25 heavy (non-hydrogen) atoms. The van der Waals surface area contributed by atoms with Gasteiger partial charge in [0.25, 0.3) is 5.91 Å². The standard InChI is InChI=1S/C17H23N3O5/c1-4-18-15(21)11-14-16(22)20(17(23)19(14)9-10-24-2)12-5-7-13(25-3)8-6-12/h5-8,14H,4,9-11H2,1-3H3,(H,18,21)/t14-/m0/s1. The SMILES string of the molecule is CCNC(=O)C[C@H]1C(=O)N(c2ccc(OC)cc2)C(=O)N1CCOC. The molecule has 0 bridgehead atoms. The molecule has 1 atom stereocenters. The van der Waals surface area contributed by atoms with Crippen molar-refractivity contribution in [3.05, 3.63) is 24.3 Å². The molecule has 2 rings (SSSR count). The van der Waals surface area contributed by atoms with Crippen molar-refractivity contribution in [3.8, 4) is 5.75 Å². The number of hydrogen-bond donors (Lipinski definition) is 1. The van der Waals surface area contributed by atoms with Crippen LogP contribution < -0.4 is 15.0 Å². The summed E-state index contributed by atoms with van der Waals surface area (Å²) in [7, 11) is 3.05. The molecule has 1 aromatic rings. The second-order valence-electron chi connectivity index (χ2n) is 5.51. The van der Waals surface area contributed by atoms with Crippen LogP contribution in [0.1, 0.15) is 13.3 Å². The molecule has 8 heteroatoms. The van der Waals surface area contributed by atoms with Crippen LogP contribution in [-0.2, 0) is 14.3 Å². The number of nitrogens with one attached hydrogen (secondary N) is 1. The molecule has 0 radical (unpaired) electrons. The van der Waals surface area contributed by atoms with Gasteiger partial charge in [0.1, 0.15) is 11.8 Å². The van der Waals surface area contributed by atoms with Crippen LogP contribution in [0.15, 0.2) is 24.3 Å². The lowest BCUT2D eigenvalue weighted by Crippen LogP contribution is -2.41. The third-order valence-electron chi connectivity index (χ3n) is 3.94. The minimum absolute atomic E-state index is 0.0746. The molecule has 8 nitrogen and oxygen atoms in total. The van der Waals surface area contributed by atoms with Crippen LogP contribution in [0.25, 0.3) is 0 Å². The molecule has 0 aromatic heterocycles. The molecular formula is C17H23N3O5. The zero-order chi connectivity index (χ0) is 18.4. The van der Waals surface area contributed by atoms with Gasteiger partial charge in [-0.15, -0.1) is 0 Å². The number of urea groups is 1. The Kier molecular flexibility index (Phi) is 6.35. The van der Waals surface area contributed by atoms with Gasteiger partial charge in [0.15, 0.2) is 0 Å². The molecule has 136 valence electrons. The topological polar surface area (TPSA) is 88.2 Å². The molecule has 1 heterocycles. The molecule has 0 unspecified atom stereocenters. The van der Waals surface area contributed by atoms with Gasteiger partial charge in [-0.3, -0.25) is 9.59 Å². The fraction of sp³-hybridized carbons (Fsp3) is 0.471. The van der Waals surface area contributed by atoms with Gasteiger partial charge >= 0.3 is 6.03 Å². The van der Waals surface area contributed by atoms with E-state index in [0.717, 1.165) is 4.90 Å². The summed E-state index contributed by atoms with van der Waals surface area (Å²) in [4.78, 5) is 39.9. The van der Waals surface area contributed by atoms with E-state index in [9.17, 15) is 14.4 Å². The number of carbonyl (C=O) groups excluding carboxylic acids is 3. The predicted molar refractivity (Wildman–Crippen MR) is 91.5 cm³/mol. The Balaban J connectivity index is 2.26. The highest BCUT2D eigenvalue weighted by Crippen LogP contribution is 2.28. The second kappa shape index (κ2) is 8.48. The zero-order valence-corrected chi connectivity index (χ0v) is 14.7. The summed E-state index contributed by atoms with van der Waals surface area (Å²) in [6.07, 6.45) is -0.0746. The number of amides is 4. The smallest absolute Gasteiger partial charge is 0.332 e. The van der Waals surface area contributed by atoms with E-state index < -0.39 is 18.0 Å². The number of rotatable bonds is 8. The lowest BCUT2D eigenvalue weighted by Gasteiger charge is -2.20. The quantitative estimate of drug-likeness (QED) is 0.708. The van der Waals surface area contributed by atoms with Crippen LogP contribution in [0.2, 0.25) is 0 Å². The summed E-state index contributed by atoms with van der Waals surface area (Å²) in [5.74, 6) is -0.0665. The van der Waals surface area contributed by atoms with Crippen LogP contribution in [0.5, 0.6) is 5.75 Å². The van der Waals surface area contributed by atoms with E-state index in [-0.39, 0.29) is 25.5 Å². The molecule has 1 aromatic carbocycles. The maximum atomic E-state index is 12.8. The van der Waals surface area contributed by atoms with Crippen molar-refractivity contribution in [2.45, 2.75) is 19.4 Å². The van der Waals surface area contributed by atoms with Crippen molar-refractivity contribution in [1.29, 1.82) is 0 Å². The molecule has 0 aliphatic carbocycles. The van der Waals surface area contributed by atoms with Crippen LogP contribution >= 0.6 is 0 Å². The number of anilines is 1. The number of benzene rings is 1. The Bertz CT molecular complexity index is 632.